The van der Waals surface area contributed by atoms with Crippen molar-refractivity contribution in [1.82, 2.24) is 15.2 Å². The number of hydrogen-bond acceptors (Lipinski definition) is 3. The van der Waals surface area contributed by atoms with Gasteiger partial charge in [-0.2, -0.15) is 0 Å². The van der Waals surface area contributed by atoms with Crippen LogP contribution in [0.1, 0.15) is 5.56 Å². The van der Waals surface area contributed by atoms with Gasteiger partial charge in [-0.05, 0) is 35.9 Å². The average molecular weight is 418 g/mol. The summed E-state index contributed by atoms with van der Waals surface area (Å²) in [5.41, 5.74) is -0.824. The molecule has 6 nitrogen and oxygen atoms in total. The molecule has 1 saturated heterocycles. The molecule has 132 valence electrons. The molecule has 1 fully saturated rings. The molecule has 3 aromatic rings. The zero-order valence-corrected chi connectivity index (χ0v) is 14.9. The zero-order chi connectivity index (χ0) is 18.5. The van der Waals surface area contributed by atoms with Crippen molar-refractivity contribution in [1.29, 1.82) is 0 Å². The van der Waals surface area contributed by atoms with Crippen LogP contribution in [0, 0.1) is 5.82 Å². The van der Waals surface area contributed by atoms with Crippen molar-refractivity contribution in [3.63, 3.8) is 0 Å². The number of aromatic hydroxyl groups is 1. The number of carbonyl (C=O) groups excluding carboxylic acids is 2. The Morgan fingerprint density at radius 1 is 1.15 bits per heavy atom. The molecule has 4 rings (SSSR count). The Hall–Kier alpha value is -2.87. The van der Waals surface area contributed by atoms with Crippen molar-refractivity contribution < 1.29 is 19.1 Å². The normalized spacial score (nSPS) is 19.6. The maximum Gasteiger partial charge on any atom is 0.322 e. The number of fused-ring (bicyclic) bond motifs is 1. The van der Waals surface area contributed by atoms with E-state index in [9.17, 15) is 19.1 Å². The third-order valence-corrected chi connectivity index (χ3v) is 5.04. The van der Waals surface area contributed by atoms with Crippen molar-refractivity contribution in [2.75, 3.05) is 0 Å². The van der Waals surface area contributed by atoms with Crippen LogP contribution in [0.4, 0.5) is 9.18 Å². The minimum Gasteiger partial charge on any atom is -0.494 e. The fraction of sp³-hybridized carbons (Fsp3) is 0.111. The van der Waals surface area contributed by atoms with Gasteiger partial charge in [-0.3, -0.25) is 10.1 Å². The molecular formula is C18H13BrFN3O3. The molecule has 0 saturated carbocycles. The monoisotopic (exact) mass is 417 g/mol. The molecule has 8 heteroatoms. The Morgan fingerprint density at radius 3 is 2.54 bits per heavy atom. The third-order valence-electron chi connectivity index (χ3n) is 4.51. The predicted octanol–water partition coefficient (Wildman–Crippen LogP) is 2.98. The number of nitrogens with zero attached hydrogens (tertiary/aromatic N) is 1. The Kier molecular flexibility index (Phi) is 3.73. The van der Waals surface area contributed by atoms with Gasteiger partial charge in [-0.25, -0.2) is 9.18 Å². The van der Waals surface area contributed by atoms with E-state index in [1.165, 1.54) is 16.7 Å². The minimum absolute atomic E-state index is 0.0473. The van der Waals surface area contributed by atoms with Gasteiger partial charge in [0.1, 0.15) is 5.82 Å². The first-order chi connectivity index (χ1) is 12.4. The maximum atomic E-state index is 13.5. The number of benzene rings is 2. The van der Waals surface area contributed by atoms with Gasteiger partial charge in [0.25, 0.3) is 5.91 Å². The smallest absolute Gasteiger partial charge is 0.322 e. The van der Waals surface area contributed by atoms with Crippen molar-refractivity contribution in [3.05, 3.63) is 64.5 Å². The highest BCUT2D eigenvalue weighted by molar-refractivity contribution is 9.10. The number of urea groups is 1. The maximum absolute atomic E-state index is 13.5. The summed E-state index contributed by atoms with van der Waals surface area (Å²) in [5, 5.41) is 16.3. The van der Waals surface area contributed by atoms with Crippen LogP contribution in [-0.2, 0) is 16.9 Å². The number of aromatic nitrogens is 1. The highest BCUT2D eigenvalue weighted by Crippen LogP contribution is 2.34. The lowest BCUT2D eigenvalue weighted by Gasteiger charge is -2.27. The van der Waals surface area contributed by atoms with E-state index in [1.54, 1.807) is 36.5 Å². The number of amides is 3. The van der Waals surface area contributed by atoms with Gasteiger partial charge in [0.05, 0.1) is 6.54 Å². The fourth-order valence-corrected chi connectivity index (χ4v) is 3.49. The molecule has 0 bridgehead atoms. The second kappa shape index (κ2) is 5.84. The van der Waals surface area contributed by atoms with E-state index >= 15 is 0 Å². The molecule has 26 heavy (non-hydrogen) atoms. The Labute approximate surface area is 155 Å². The number of nitrogens with one attached hydrogen (secondary N) is 2. The second-order valence-corrected chi connectivity index (χ2v) is 7.05. The van der Waals surface area contributed by atoms with Gasteiger partial charge in [0.15, 0.2) is 11.4 Å². The van der Waals surface area contributed by atoms with Crippen LogP contribution >= 0.6 is 15.9 Å². The molecule has 0 spiro atoms. The third kappa shape index (κ3) is 2.53. The molecule has 1 unspecified atom stereocenters. The summed E-state index contributed by atoms with van der Waals surface area (Å²) in [6.07, 6.45) is 1.61. The van der Waals surface area contributed by atoms with Crippen molar-refractivity contribution in [3.8, 4) is 5.88 Å². The van der Waals surface area contributed by atoms with Gasteiger partial charge in [0, 0.05) is 21.4 Å². The predicted molar refractivity (Wildman–Crippen MR) is 96.1 cm³/mol. The van der Waals surface area contributed by atoms with Crippen LogP contribution in [0.3, 0.4) is 0 Å². The largest absolute Gasteiger partial charge is 0.494 e. The molecule has 3 N–H and O–H groups in total. The first-order valence-electron chi connectivity index (χ1n) is 7.76. The quantitative estimate of drug-likeness (QED) is 0.572. The first-order valence-corrected chi connectivity index (χ1v) is 8.55. The molecule has 3 amide bonds. The van der Waals surface area contributed by atoms with E-state index in [1.807, 2.05) is 0 Å². The molecular weight excluding hydrogens is 405 g/mol. The summed E-state index contributed by atoms with van der Waals surface area (Å²) < 4.78 is 15.7. The Balaban J connectivity index is 1.84. The van der Waals surface area contributed by atoms with Crippen LogP contribution in [0.2, 0.25) is 0 Å². The van der Waals surface area contributed by atoms with Crippen molar-refractivity contribution in [2.45, 2.75) is 12.1 Å². The van der Waals surface area contributed by atoms with Crippen molar-refractivity contribution >= 4 is 38.6 Å². The second-order valence-electron chi connectivity index (χ2n) is 6.13. The molecule has 1 aliphatic heterocycles. The summed E-state index contributed by atoms with van der Waals surface area (Å²) in [5.74, 6) is -1.17. The summed E-state index contributed by atoms with van der Waals surface area (Å²) in [4.78, 5) is 24.4. The van der Waals surface area contributed by atoms with E-state index in [4.69, 9.17) is 0 Å². The number of carbonyl (C=O) groups is 2. The Bertz CT molecular complexity index is 1050. The van der Waals surface area contributed by atoms with Gasteiger partial charge in [0.2, 0.25) is 0 Å². The number of rotatable bonds is 3. The summed E-state index contributed by atoms with van der Waals surface area (Å²) in [6, 6.07) is 10.4. The highest BCUT2D eigenvalue weighted by atomic mass is 79.9. The lowest BCUT2D eigenvalue weighted by atomic mass is 9.90. The van der Waals surface area contributed by atoms with Crippen molar-refractivity contribution in [2.24, 2.45) is 0 Å². The van der Waals surface area contributed by atoms with Gasteiger partial charge in [-0.15, -0.1) is 0 Å². The van der Waals surface area contributed by atoms with Crippen LogP contribution in [0.25, 0.3) is 10.8 Å². The highest BCUT2D eigenvalue weighted by Gasteiger charge is 2.48. The number of imide groups is 1. The molecule has 1 aromatic heterocycles. The topological polar surface area (TPSA) is 83.4 Å². The van der Waals surface area contributed by atoms with Crippen LogP contribution in [0.15, 0.2) is 53.1 Å². The number of hydrogen-bond donors (Lipinski definition) is 3. The van der Waals surface area contributed by atoms with E-state index in [0.717, 1.165) is 4.47 Å². The van der Waals surface area contributed by atoms with E-state index in [0.29, 0.717) is 16.3 Å². The zero-order valence-electron chi connectivity index (χ0n) is 13.3. The first kappa shape index (κ1) is 16.6. The van der Waals surface area contributed by atoms with Gasteiger partial charge < -0.3 is 15.0 Å². The molecule has 1 atom stereocenters. The van der Waals surface area contributed by atoms with Crippen LogP contribution in [-0.4, -0.2) is 21.6 Å². The standard InChI is InChI=1S/C18H13BrFN3O3/c19-12-4-2-11(3-5-12)18(16(25)21-17(26)22-18)9-23-8-10-1-6-13(20)7-14(10)15(23)24/h1-8,24H,9H2,(H2,21,22,25,26). The van der Waals surface area contributed by atoms with Crippen LogP contribution < -0.4 is 10.6 Å². The molecule has 1 aliphatic rings. The summed E-state index contributed by atoms with van der Waals surface area (Å²) >= 11 is 3.34. The van der Waals surface area contributed by atoms with Crippen LogP contribution in [0.5, 0.6) is 5.88 Å². The molecule has 0 aliphatic carbocycles. The fourth-order valence-electron chi connectivity index (χ4n) is 3.23. The van der Waals surface area contributed by atoms with E-state index in [-0.39, 0.29) is 12.4 Å². The van der Waals surface area contributed by atoms with E-state index in [2.05, 4.69) is 26.6 Å². The van der Waals surface area contributed by atoms with E-state index < -0.39 is 23.3 Å². The average Bonchev–Trinajstić information content (AvgIpc) is 3.06. The lowest BCUT2D eigenvalue weighted by Crippen LogP contribution is -2.47. The van der Waals surface area contributed by atoms with Gasteiger partial charge in [-0.1, -0.05) is 28.1 Å². The molecule has 0 radical (unpaired) electrons. The number of halogens is 2. The minimum atomic E-state index is -1.39. The Morgan fingerprint density at radius 2 is 1.88 bits per heavy atom. The SMILES string of the molecule is O=C1NC(=O)C(Cn2cc3ccc(F)cc3c2O)(c2ccc(Br)cc2)N1. The van der Waals surface area contributed by atoms with Gasteiger partial charge >= 0.3 is 6.03 Å². The summed E-state index contributed by atoms with van der Waals surface area (Å²) in [6.45, 7) is -0.0473. The lowest BCUT2D eigenvalue weighted by molar-refractivity contribution is -0.124. The molecule has 2 heterocycles. The molecule has 2 aromatic carbocycles. The summed E-state index contributed by atoms with van der Waals surface area (Å²) in [7, 11) is 0.